The zero-order valence-electron chi connectivity index (χ0n) is 11.4. The number of amides is 1. The van der Waals surface area contributed by atoms with Crippen LogP contribution < -0.4 is 5.32 Å². The van der Waals surface area contributed by atoms with Crippen molar-refractivity contribution in [1.82, 2.24) is 5.32 Å². The van der Waals surface area contributed by atoms with Gasteiger partial charge in [0.15, 0.2) is 9.84 Å². The van der Waals surface area contributed by atoms with Crippen molar-refractivity contribution in [3.05, 3.63) is 45.0 Å². The van der Waals surface area contributed by atoms with Crippen molar-refractivity contribution in [2.75, 3.05) is 11.5 Å². The van der Waals surface area contributed by atoms with Crippen LogP contribution in [0.15, 0.2) is 24.3 Å². The lowest BCUT2D eigenvalue weighted by Crippen LogP contribution is -2.34. The minimum Gasteiger partial charge on any atom is -0.349 e. The van der Waals surface area contributed by atoms with Crippen molar-refractivity contribution in [2.45, 2.75) is 12.5 Å². The number of benzene rings is 1. The van der Waals surface area contributed by atoms with Crippen molar-refractivity contribution in [3.63, 3.8) is 0 Å². The van der Waals surface area contributed by atoms with E-state index < -0.39 is 20.7 Å². The second-order valence-electron chi connectivity index (χ2n) is 4.91. The van der Waals surface area contributed by atoms with Gasteiger partial charge in [-0.15, -0.1) is 0 Å². The summed E-state index contributed by atoms with van der Waals surface area (Å²) in [6.45, 7) is 0. The average Bonchev–Trinajstić information content (AvgIpc) is 2.76. The molecule has 1 atom stereocenters. The van der Waals surface area contributed by atoms with Gasteiger partial charge in [0.05, 0.1) is 16.4 Å². The molecule has 1 aliphatic rings. The Labute approximate surface area is 132 Å². The Bertz CT molecular complexity index is 745. The zero-order chi connectivity index (χ0) is 16.3. The molecule has 0 bridgehead atoms. The average molecular weight is 345 g/mol. The zero-order valence-corrected chi connectivity index (χ0v) is 12.9. The van der Waals surface area contributed by atoms with Gasteiger partial charge in [-0.25, -0.2) is 8.42 Å². The smallest absolute Gasteiger partial charge is 0.288 e. The molecule has 0 aliphatic carbocycles. The summed E-state index contributed by atoms with van der Waals surface area (Å²) >= 11 is 5.69. The lowest BCUT2D eigenvalue weighted by Gasteiger charge is -2.07. The van der Waals surface area contributed by atoms with Gasteiger partial charge in [0.1, 0.15) is 5.02 Å². The van der Waals surface area contributed by atoms with Gasteiger partial charge >= 0.3 is 0 Å². The number of nitro groups is 1. The number of hydrogen-bond acceptors (Lipinski definition) is 5. The van der Waals surface area contributed by atoms with Crippen LogP contribution in [0.4, 0.5) is 5.69 Å². The molecule has 7 nitrogen and oxygen atoms in total. The second kappa shape index (κ2) is 6.45. The predicted molar refractivity (Wildman–Crippen MR) is 82.3 cm³/mol. The predicted octanol–water partition coefficient (Wildman–Crippen LogP) is 1.56. The first-order valence-electron chi connectivity index (χ1n) is 6.40. The van der Waals surface area contributed by atoms with Crippen molar-refractivity contribution >= 4 is 39.1 Å². The van der Waals surface area contributed by atoms with Gasteiger partial charge in [-0.2, -0.15) is 0 Å². The fraction of sp³-hybridized carbons (Fsp3) is 0.308. The minimum atomic E-state index is -3.06. The molecule has 1 aromatic rings. The molecule has 1 N–H and O–H groups in total. The SMILES string of the molecule is O=C(/C=C/c1ccc(Cl)c([N+](=O)[O-])c1)NC1CCS(=O)(=O)C1. The molecule has 118 valence electrons. The maximum atomic E-state index is 11.7. The van der Waals surface area contributed by atoms with Crippen LogP contribution in [-0.2, 0) is 14.6 Å². The molecule has 1 fully saturated rings. The topological polar surface area (TPSA) is 106 Å². The number of sulfone groups is 1. The summed E-state index contributed by atoms with van der Waals surface area (Å²) in [6.07, 6.45) is 3.01. The van der Waals surface area contributed by atoms with Crippen LogP contribution in [0.5, 0.6) is 0 Å². The Morgan fingerprint density at radius 3 is 2.77 bits per heavy atom. The molecule has 1 saturated heterocycles. The highest BCUT2D eigenvalue weighted by Crippen LogP contribution is 2.25. The van der Waals surface area contributed by atoms with Gasteiger partial charge in [0.2, 0.25) is 5.91 Å². The van der Waals surface area contributed by atoms with E-state index >= 15 is 0 Å². The standard InChI is InChI=1S/C13H13ClN2O5S/c14-11-3-1-9(7-12(11)16(18)19)2-4-13(17)15-10-5-6-22(20,21)8-10/h1-4,7,10H,5-6,8H2,(H,15,17)/b4-2+. The lowest BCUT2D eigenvalue weighted by molar-refractivity contribution is -0.384. The number of carbonyl (C=O) groups excluding carboxylic acids is 1. The van der Waals surface area contributed by atoms with E-state index in [0.717, 1.165) is 0 Å². The first-order chi connectivity index (χ1) is 10.3. The third-order valence-corrected chi connectivity index (χ3v) is 5.26. The fourth-order valence-electron chi connectivity index (χ4n) is 2.10. The summed E-state index contributed by atoms with van der Waals surface area (Å²) in [6, 6.07) is 3.79. The van der Waals surface area contributed by atoms with Gasteiger partial charge in [0.25, 0.3) is 5.69 Å². The molecule has 1 amide bonds. The van der Waals surface area contributed by atoms with E-state index in [0.29, 0.717) is 12.0 Å². The molecule has 1 aromatic carbocycles. The number of hydrogen-bond donors (Lipinski definition) is 1. The summed E-state index contributed by atoms with van der Waals surface area (Å²) in [5.74, 6) is -0.427. The summed E-state index contributed by atoms with van der Waals surface area (Å²) in [7, 11) is -3.06. The molecule has 0 radical (unpaired) electrons. The highest BCUT2D eigenvalue weighted by molar-refractivity contribution is 7.91. The fourth-order valence-corrected chi connectivity index (χ4v) is 3.96. The molecule has 22 heavy (non-hydrogen) atoms. The molecule has 1 aliphatic heterocycles. The highest BCUT2D eigenvalue weighted by atomic mass is 35.5. The van der Waals surface area contributed by atoms with Crippen LogP contribution >= 0.6 is 11.6 Å². The normalized spacial score (nSPS) is 20.1. The summed E-state index contributed by atoms with van der Waals surface area (Å²) in [5.41, 5.74) is 0.205. The van der Waals surface area contributed by atoms with Crippen LogP contribution in [-0.4, -0.2) is 36.8 Å². The van der Waals surface area contributed by atoms with E-state index in [-0.39, 0.29) is 28.3 Å². The molecular formula is C13H13ClN2O5S. The first-order valence-corrected chi connectivity index (χ1v) is 8.60. The van der Waals surface area contributed by atoms with Crippen molar-refractivity contribution < 1.29 is 18.1 Å². The van der Waals surface area contributed by atoms with Gasteiger partial charge in [-0.05, 0) is 24.1 Å². The van der Waals surface area contributed by atoms with E-state index in [2.05, 4.69) is 5.32 Å². The van der Waals surface area contributed by atoms with Gasteiger partial charge in [0, 0.05) is 18.2 Å². The van der Waals surface area contributed by atoms with E-state index in [1.54, 1.807) is 6.07 Å². The minimum absolute atomic E-state index is 0.0164. The molecule has 9 heteroatoms. The van der Waals surface area contributed by atoms with Gasteiger partial charge in [-0.1, -0.05) is 17.7 Å². The van der Waals surface area contributed by atoms with Crippen molar-refractivity contribution in [1.29, 1.82) is 0 Å². The largest absolute Gasteiger partial charge is 0.349 e. The molecule has 1 heterocycles. The van der Waals surface area contributed by atoms with Gasteiger partial charge < -0.3 is 5.32 Å². The first kappa shape index (κ1) is 16.4. The van der Waals surface area contributed by atoms with E-state index in [1.165, 1.54) is 24.3 Å². The molecule has 0 saturated carbocycles. The summed E-state index contributed by atoms with van der Waals surface area (Å²) in [5, 5.41) is 13.4. The van der Waals surface area contributed by atoms with Crippen LogP contribution in [0.1, 0.15) is 12.0 Å². The van der Waals surface area contributed by atoms with E-state index in [4.69, 9.17) is 11.6 Å². The number of carbonyl (C=O) groups is 1. The number of nitrogens with one attached hydrogen (secondary N) is 1. The molecule has 1 unspecified atom stereocenters. The Morgan fingerprint density at radius 2 is 2.18 bits per heavy atom. The van der Waals surface area contributed by atoms with Crippen LogP contribution in [0.2, 0.25) is 5.02 Å². The Balaban J connectivity index is 2.01. The maximum absolute atomic E-state index is 11.7. The van der Waals surface area contributed by atoms with Gasteiger partial charge in [-0.3, -0.25) is 14.9 Å². The van der Waals surface area contributed by atoms with E-state index in [9.17, 15) is 23.3 Å². The molecule has 2 rings (SSSR count). The third kappa shape index (κ3) is 4.28. The molecule has 0 spiro atoms. The Kier molecular flexibility index (Phi) is 4.82. The number of rotatable bonds is 4. The molecule has 0 aromatic heterocycles. The second-order valence-corrected chi connectivity index (χ2v) is 7.55. The summed E-state index contributed by atoms with van der Waals surface area (Å²) in [4.78, 5) is 21.9. The number of halogens is 1. The van der Waals surface area contributed by atoms with Crippen molar-refractivity contribution in [2.24, 2.45) is 0 Å². The van der Waals surface area contributed by atoms with Crippen molar-refractivity contribution in [3.8, 4) is 0 Å². The Morgan fingerprint density at radius 1 is 1.45 bits per heavy atom. The number of nitro benzene ring substituents is 1. The highest BCUT2D eigenvalue weighted by Gasteiger charge is 2.28. The van der Waals surface area contributed by atoms with Crippen LogP contribution in [0.25, 0.3) is 6.08 Å². The maximum Gasteiger partial charge on any atom is 0.288 e. The summed E-state index contributed by atoms with van der Waals surface area (Å²) < 4.78 is 22.6. The number of nitrogens with zero attached hydrogens (tertiary/aromatic N) is 1. The molecular weight excluding hydrogens is 332 g/mol. The monoisotopic (exact) mass is 344 g/mol. The van der Waals surface area contributed by atoms with Crippen LogP contribution in [0.3, 0.4) is 0 Å². The van der Waals surface area contributed by atoms with Crippen LogP contribution in [0, 0.1) is 10.1 Å². The third-order valence-electron chi connectivity index (χ3n) is 3.17. The lowest BCUT2D eigenvalue weighted by atomic mass is 10.2. The Hall–Kier alpha value is -1.93. The quantitative estimate of drug-likeness (QED) is 0.507. The van der Waals surface area contributed by atoms with E-state index in [1.807, 2.05) is 0 Å².